The Bertz CT molecular complexity index is 1410. The molecule has 1 aromatic carbocycles. The minimum absolute atomic E-state index is 0.0324. The second kappa shape index (κ2) is 11.2. The summed E-state index contributed by atoms with van der Waals surface area (Å²) in [5, 5.41) is 36.3. The van der Waals surface area contributed by atoms with Crippen molar-refractivity contribution in [3.05, 3.63) is 47.0 Å². The number of hydrogen-bond acceptors (Lipinski definition) is 12. The molecule has 45 heavy (non-hydrogen) atoms. The van der Waals surface area contributed by atoms with E-state index in [1.54, 1.807) is 44.2 Å². The van der Waals surface area contributed by atoms with Crippen molar-refractivity contribution in [3.8, 4) is 0 Å². The Labute approximate surface area is 261 Å². The molecular weight excluding hydrogens is 588 g/mol. The van der Waals surface area contributed by atoms with Crippen LogP contribution in [0.4, 0.5) is 0 Å². The van der Waals surface area contributed by atoms with Crippen LogP contribution in [0.2, 0.25) is 0 Å². The Morgan fingerprint density at radius 1 is 0.956 bits per heavy atom. The van der Waals surface area contributed by atoms with E-state index in [4.69, 9.17) is 23.7 Å². The van der Waals surface area contributed by atoms with Gasteiger partial charge in [-0.05, 0) is 44.1 Å². The maximum Gasteiger partial charge on any atom is 0.338 e. The monoisotopic (exact) mass is 630 g/mol. The normalized spacial score (nSPS) is 38.8. The molecule has 10 atom stereocenters. The summed E-state index contributed by atoms with van der Waals surface area (Å²) in [6.45, 7) is 9.73. The Hall–Kier alpha value is -3.32. The lowest BCUT2D eigenvalue weighted by molar-refractivity contribution is -0.252. The summed E-state index contributed by atoms with van der Waals surface area (Å²) in [5.41, 5.74) is -5.65. The fourth-order valence-electron chi connectivity index (χ4n) is 8.81. The predicted octanol–water partition coefficient (Wildman–Crippen LogP) is 2.02. The van der Waals surface area contributed by atoms with E-state index < -0.39 is 88.5 Å². The van der Waals surface area contributed by atoms with Gasteiger partial charge in [-0.2, -0.15) is 0 Å². The molecule has 3 N–H and O–H groups in total. The van der Waals surface area contributed by atoms with E-state index in [0.717, 1.165) is 0 Å². The molecule has 3 fully saturated rings. The maximum atomic E-state index is 13.7. The lowest BCUT2D eigenvalue weighted by atomic mass is 9.52. The van der Waals surface area contributed by atoms with E-state index >= 15 is 0 Å². The van der Waals surface area contributed by atoms with Gasteiger partial charge in [0.15, 0.2) is 5.60 Å². The van der Waals surface area contributed by atoms with Gasteiger partial charge in [0.25, 0.3) is 0 Å². The summed E-state index contributed by atoms with van der Waals surface area (Å²) in [7, 11) is 0. The largest absolute Gasteiger partial charge is 0.462 e. The van der Waals surface area contributed by atoms with Gasteiger partial charge in [-0.15, -0.1) is 0 Å². The van der Waals surface area contributed by atoms with Gasteiger partial charge < -0.3 is 39.0 Å². The lowest BCUT2D eigenvalue weighted by Gasteiger charge is -2.57. The van der Waals surface area contributed by atoms with Crippen LogP contribution in [0.3, 0.4) is 0 Å². The Morgan fingerprint density at radius 2 is 1.58 bits per heavy atom. The van der Waals surface area contributed by atoms with Gasteiger partial charge in [-0.25, -0.2) is 4.79 Å². The topological polar surface area (TPSA) is 175 Å². The van der Waals surface area contributed by atoms with Gasteiger partial charge in [-0.1, -0.05) is 25.1 Å². The molecule has 0 radical (unpaired) electrons. The molecule has 1 saturated heterocycles. The molecule has 4 aliphatic rings. The standard InChI is InChI=1S/C33H42O12/c1-16-21(42-17(2)34)14-32(30(5,6)40)24(16)25(38)27(44-29(39)20-11-9-8-10-12-20)31(7)23(43-18(3)35)13-22(37)33(45-19(4)36)15-41-28(32)26(31)33/h8-12,21-23,25-28,37-38,40H,13-15H2,1-7H3. The van der Waals surface area contributed by atoms with Crippen LogP contribution in [-0.2, 0) is 38.1 Å². The van der Waals surface area contributed by atoms with Crippen LogP contribution in [0.15, 0.2) is 41.5 Å². The number of aliphatic hydroxyl groups excluding tert-OH is 2. The van der Waals surface area contributed by atoms with Gasteiger partial charge in [0.1, 0.15) is 30.5 Å². The highest BCUT2D eigenvalue weighted by Crippen LogP contribution is 2.69. The van der Waals surface area contributed by atoms with E-state index in [0.29, 0.717) is 5.57 Å². The Kier molecular flexibility index (Phi) is 8.21. The van der Waals surface area contributed by atoms with Gasteiger partial charge in [0.05, 0.1) is 34.7 Å². The molecule has 246 valence electrons. The molecule has 3 aliphatic carbocycles. The summed E-state index contributed by atoms with van der Waals surface area (Å²) < 4.78 is 30.2. The van der Waals surface area contributed by atoms with E-state index in [2.05, 4.69) is 0 Å². The Balaban J connectivity index is 1.84. The van der Waals surface area contributed by atoms with E-state index in [-0.39, 0.29) is 30.6 Å². The third-order valence-corrected chi connectivity index (χ3v) is 10.5. The molecule has 0 aromatic heterocycles. The van der Waals surface area contributed by atoms with Crippen molar-refractivity contribution in [1.29, 1.82) is 0 Å². The zero-order chi connectivity index (χ0) is 33.3. The van der Waals surface area contributed by atoms with Crippen molar-refractivity contribution in [2.75, 3.05) is 6.61 Å². The molecule has 0 amide bonds. The Morgan fingerprint density at radius 3 is 2.13 bits per heavy atom. The number of carbonyl (C=O) groups is 4. The van der Waals surface area contributed by atoms with Crippen LogP contribution in [-0.4, -0.2) is 93.6 Å². The molecule has 10 unspecified atom stereocenters. The molecule has 1 heterocycles. The molecule has 12 heteroatoms. The van der Waals surface area contributed by atoms with Crippen LogP contribution in [0.5, 0.6) is 0 Å². The minimum Gasteiger partial charge on any atom is -0.462 e. The number of benzene rings is 1. The average molecular weight is 631 g/mol. The highest BCUT2D eigenvalue weighted by atomic mass is 16.6. The van der Waals surface area contributed by atoms with Gasteiger partial charge in [0.2, 0.25) is 0 Å². The summed E-state index contributed by atoms with van der Waals surface area (Å²) in [5.74, 6) is -3.89. The first-order valence-corrected chi connectivity index (χ1v) is 15.1. The van der Waals surface area contributed by atoms with Crippen LogP contribution in [0, 0.1) is 16.7 Å². The van der Waals surface area contributed by atoms with E-state index in [1.165, 1.54) is 34.6 Å². The number of carbonyl (C=O) groups excluding carboxylic acids is 4. The molecule has 0 bridgehead atoms. The zero-order valence-electron chi connectivity index (χ0n) is 26.6. The molecule has 2 saturated carbocycles. The quantitative estimate of drug-likeness (QED) is 0.237. The van der Waals surface area contributed by atoms with Crippen molar-refractivity contribution in [1.82, 2.24) is 0 Å². The maximum absolute atomic E-state index is 13.7. The van der Waals surface area contributed by atoms with E-state index in [9.17, 15) is 34.5 Å². The van der Waals surface area contributed by atoms with Crippen molar-refractivity contribution in [3.63, 3.8) is 0 Å². The number of aliphatic hydroxyl groups is 3. The van der Waals surface area contributed by atoms with Gasteiger partial charge in [0, 0.05) is 39.5 Å². The number of fused-ring (bicyclic) bond motifs is 2. The third-order valence-electron chi connectivity index (χ3n) is 10.5. The van der Waals surface area contributed by atoms with Crippen molar-refractivity contribution >= 4 is 23.9 Å². The second-order valence-corrected chi connectivity index (χ2v) is 13.5. The van der Waals surface area contributed by atoms with Gasteiger partial charge >= 0.3 is 23.9 Å². The molecule has 1 aliphatic heterocycles. The third kappa shape index (κ3) is 4.88. The number of rotatable bonds is 6. The molecule has 0 spiro atoms. The fourth-order valence-corrected chi connectivity index (χ4v) is 8.81. The minimum atomic E-state index is -1.75. The van der Waals surface area contributed by atoms with Crippen molar-refractivity contribution < 1.29 is 58.2 Å². The molecule has 12 nitrogen and oxygen atoms in total. The average Bonchev–Trinajstić information content (AvgIpc) is 3.44. The summed E-state index contributed by atoms with van der Waals surface area (Å²) in [4.78, 5) is 51.1. The highest BCUT2D eigenvalue weighted by molar-refractivity contribution is 5.89. The number of esters is 4. The first-order chi connectivity index (χ1) is 20.9. The van der Waals surface area contributed by atoms with Crippen molar-refractivity contribution in [2.24, 2.45) is 16.7 Å². The fraction of sp³-hybridized carbons (Fsp3) is 0.636. The number of ether oxygens (including phenoxy) is 5. The zero-order valence-corrected chi connectivity index (χ0v) is 26.6. The lowest BCUT2D eigenvalue weighted by Crippen LogP contribution is -2.70. The summed E-state index contributed by atoms with van der Waals surface area (Å²) in [6, 6.07) is 8.12. The first kappa shape index (κ1) is 33.1. The summed E-state index contributed by atoms with van der Waals surface area (Å²) >= 11 is 0. The summed E-state index contributed by atoms with van der Waals surface area (Å²) in [6.07, 6.45) is -7.97. The van der Waals surface area contributed by atoms with E-state index in [1.807, 2.05) is 0 Å². The highest BCUT2D eigenvalue weighted by Gasteiger charge is 2.80. The van der Waals surface area contributed by atoms with Crippen LogP contribution in [0.1, 0.15) is 71.7 Å². The second-order valence-electron chi connectivity index (χ2n) is 13.5. The SMILES string of the molecule is CC(=O)OC1CC2(C(C)(C)O)C(=C1C)C(O)C(OC(=O)c1ccccc1)C1(C)C(OC(C)=O)CC(O)C3(OC(C)=O)COC2C31. The van der Waals surface area contributed by atoms with Crippen LogP contribution < -0.4 is 0 Å². The number of hydrogen-bond donors (Lipinski definition) is 3. The molecule has 1 aromatic rings. The van der Waals surface area contributed by atoms with Crippen molar-refractivity contribution in [2.45, 2.75) is 109 Å². The molecular formula is C33H42O12. The van der Waals surface area contributed by atoms with Crippen LogP contribution in [0.25, 0.3) is 0 Å². The first-order valence-electron chi connectivity index (χ1n) is 15.1. The van der Waals surface area contributed by atoms with Crippen LogP contribution >= 0.6 is 0 Å². The molecule has 5 rings (SSSR count). The predicted molar refractivity (Wildman–Crippen MR) is 155 cm³/mol. The smallest absolute Gasteiger partial charge is 0.338 e. The van der Waals surface area contributed by atoms with Gasteiger partial charge in [-0.3, -0.25) is 14.4 Å².